The average molecular weight is 326 g/mol. The highest BCUT2D eigenvalue weighted by Crippen LogP contribution is 2.22. The van der Waals surface area contributed by atoms with E-state index in [1.54, 1.807) is 12.1 Å². The average Bonchev–Trinajstić information content (AvgIpc) is 2.38. The Hall–Kier alpha value is -1.95. The molecule has 0 aliphatic carbocycles. The fraction of sp³-hybridized carbons (Fsp3) is 0.0769. The van der Waals surface area contributed by atoms with E-state index in [1.807, 2.05) is 0 Å². The Morgan fingerprint density at radius 3 is 2.84 bits per heavy atom. The number of benzene rings is 1. The van der Waals surface area contributed by atoms with Crippen molar-refractivity contribution in [2.45, 2.75) is 6.61 Å². The summed E-state index contributed by atoms with van der Waals surface area (Å²) in [6.45, 7) is 0.0708. The van der Waals surface area contributed by atoms with E-state index >= 15 is 0 Å². The molecule has 1 aromatic carbocycles. The second-order valence-electron chi connectivity index (χ2n) is 3.72. The van der Waals surface area contributed by atoms with Gasteiger partial charge in [0.15, 0.2) is 11.6 Å². The van der Waals surface area contributed by atoms with Crippen LogP contribution in [0.5, 0.6) is 5.75 Å². The number of hydrogen-bond donors (Lipinski definition) is 1. The first-order valence-electron chi connectivity index (χ1n) is 5.32. The molecule has 0 saturated carbocycles. The lowest BCUT2D eigenvalue weighted by atomic mass is 10.2. The molecule has 0 bridgehead atoms. The largest absolute Gasteiger partial charge is 0.486 e. The summed E-state index contributed by atoms with van der Waals surface area (Å²) >= 11 is 3.15. The fourth-order valence-electron chi connectivity index (χ4n) is 1.43. The van der Waals surface area contributed by atoms with Gasteiger partial charge < -0.3 is 9.84 Å². The number of nitrogens with zero attached hydrogens (tertiary/aromatic N) is 1. The van der Waals surface area contributed by atoms with Crippen LogP contribution < -0.4 is 4.74 Å². The molecule has 2 aromatic rings. The Labute approximate surface area is 117 Å². The molecular weight excluding hydrogens is 317 g/mol. The summed E-state index contributed by atoms with van der Waals surface area (Å²) in [4.78, 5) is 14.4. The normalized spacial score (nSPS) is 10.2. The molecule has 0 amide bonds. The zero-order chi connectivity index (χ0) is 13.8. The molecule has 0 saturated heterocycles. The number of hydrogen-bond acceptors (Lipinski definition) is 3. The number of carboxylic acids is 1. The van der Waals surface area contributed by atoms with Crippen LogP contribution in [0.25, 0.3) is 0 Å². The lowest BCUT2D eigenvalue weighted by Gasteiger charge is -2.07. The van der Waals surface area contributed by atoms with E-state index in [-0.39, 0.29) is 18.1 Å². The highest BCUT2D eigenvalue weighted by atomic mass is 79.9. The second kappa shape index (κ2) is 5.79. The number of aromatic nitrogens is 1. The first-order valence-corrected chi connectivity index (χ1v) is 6.11. The van der Waals surface area contributed by atoms with Gasteiger partial charge in [0.1, 0.15) is 12.3 Å². The van der Waals surface area contributed by atoms with E-state index in [4.69, 9.17) is 9.84 Å². The summed E-state index contributed by atoms with van der Waals surface area (Å²) in [6, 6.07) is 7.46. The van der Waals surface area contributed by atoms with Gasteiger partial charge in [0.25, 0.3) is 0 Å². The fourth-order valence-corrected chi connectivity index (χ4v) is 1.77. The van der Waals surface area contributed by atoms with Crippen molar-refractivity contribution in [2.75, 3.05) is 0 Å². The van der Waals surface area contributed by atoms with Crippen LogP contribution in [0.1, 0.15) is 16.1 Å². The lowest BCUT2D eigenvalue weighted by molar-refractivity contribution is 0.0690. The van der Waals surface area contributed by atoms with Crippen molar-refractivity contribution in [1.82, 2.24) is 4.98 Å². The minimum absolute atomic E-state index is 0.0708. The number of aromatic carboxylic acids is 1. The molecule has 4 nitrogen and oxygen atoms in total. The van der Waals surface area contributed by atoms with Gasteiger partial charge in [-0.15, -0.1) is 0 Å². The summed E-state index contributed by atoms with van der Waals surface area (Å²) in [5, 5.41) is 8.80. The monoisotopic (exact) mass is 325 g/mol. The third kappa shape index (κ3) is 3.51. The second-order valence-corrected chi connectivity index (χ2v) is 4.63. The molecule has 19 heavy (non-hydrogen) atoms. The van der Waals surface area contributed by atoms with Crippen molar-refractivity contribution in [3.8, 4) is 5.75 Å². The van der Waals surface area contributed by atoms with Gasteiger partial charge in [0, 0.05) is 10.7 Å². The minimum Gasteiger partial charge on any atom is -0.486 e. The van der Waals surface area contributed by atoms with Crippen LogP contribution >= 0.6 is 15.9 Å². The zero-order valence-corrected chi connectivity index (χ0v) is 11.2. The van der Waals surface area contributed by atoms with Gasteiger partial charge >= 0.3 is 5.97 Å². The molecule has 0 fully saturated rings. The molecule has 0 atom stereocenters. The van der Waals surface area contributed by atoms with Crippen molar-refractivity contribution in [3.05, 3.63) is 58.1 Å². The summed E-state index contributed by atoms with van der Waals surface area (Å²) in [7, 11) is 0. The van der Waals surface area contributed by atoms with Crippen molar-refractivity contribution in [2.24, 2.45) is 0 Å². The zero-order valence-electron chi connectivity index (χ0n) is 9.64. The van der Waals surface area contributed by atoms with Crippen LogP contribution in [0.3, 0.4) is 0 Å². The molecule has 98 valence electrons. The number of halogens is 2. The van der Waals surface area contributed by atoms with Gasteiger partial charge in [0.2, 0.25) is 0 Å². The first kappa shape index (κ1) is 13.5. The summed E-state index contributed by atoms with van der Waals surface area (Å²) in [5.41, 5.74) is 0.534. The van der Waals surface area contributed by atoms with Crippen LogP contribution in [0.2, 0.25) is 0 Å². The molecule has 1 heterocycles. The van der Waals surface area contributed by atoms with E-state index < -0.39 is 11.8 Å². The van der Waals surface area contributed by atoms with E-state index in [1.165, 1.54) is 24.4 Å². The van der Waals surface area contributed by atoms with Crippen LogP contribution in [-0.4, -0.2) is 16.1 Å². The maximum absolute atomic E-state index is 13.5. The van der Waals surface area contributed by atoms with Crippen LogP contribution in [0.15, 0.2) is 41.0 Å². The summed E-state index contributed by atoms with van der Waals surface area (Å²) in [6.07, 6.45) is 1.38. The molecule has 0 radical (unpaired) electrons. The van der Waals surface area contributed by atoms with Crippen LogP contribution in [0.4, 0.5) is 4.39 Å². The Kier molecular flexibility index (Phi) is 4.11. The minimum atomic E-state index is -1.11. The van der Waals surface area contributed by atoms with Gasteiger partial charge in [-0.2, -0.15) is 0 Å². The molecule has 0 unspecified atom stereocenters. The summed E-state index contributed by atoms with van der Waals surface area (Å²) in [5.74, 6) is -1.49. The van der Waals surface area contributed by atoms with Crippen molar-refractivity contribution in [3.63, 3.8) is 0 Å². The molecule has 1 N–H and O–H groups in total. The number of ether oxygens (including phenoxy) is 1. The third-order valence-corrected chi connectivity index (χ3v) is 2.82. The maximum atomic E-state index is 13.5. The number of pyridine rings is 1. The highest BCUT2D eigenvalue weighted by Gasteiger charge is 2.07. The molecule has 1 aromatic heterocycles. The van der Waals surface area contributed by atoms with Gasteiger partial charge in [-0.25, -0.2) is 14.2 Å². The number of rotatable bonds is 4. The predicted molar refractivity (Wildman–Crippen MR) is 69.6 cm³/mol. The van der Waals surface area contributed by atoms with Gasteiger partial charge in [-0.1, -0.05) is 15.9 Å². The number of carbonyl (C=O) groups is 1. The van der Waals surface area contributed by atoms with E-state index in [2.05, 4.69) is 20.9 Å². The Morgan fingerprint density at radius 1 is 1.37 bits per heavy atom. The molecular formula is C13H9BrFNO3. The Bertz CT molecular complexity index is 619. The third-order valence-electron chi connectivity index (χ3n) is 2.33. The smallest absolute Gasteiger partial charge is 0.354 e. The van der Waals surface area contributed by atoms with Gasteiger partial charge in [-0.3, -0.25) is 0 Å². The van der Waals surface area contributed by atoms with E-state index in [0.29, 0.717) is 10.0 Å². The SMILES string of the molecule is O=C(O)c1cc(COc2ccc(Br)cc2F)ccn1. The maximum Gasteiger partial charge on any atom is 0.354 e. The summed E-state index contributed by atoms with van der Waals surface area (Å²) < 4.78 is 19.4. The molecule has 2 rings (SSSR count). The van der Waals surface area contributed by atoms with Crippen LogP contribution in [0, 0.1) is 5.82 Å². The van der Waals surface area contributed by atoms with E-state index in [0.717, 1.165) is 0 Å². The first-order chi connectivity index (χ1) is 9.06. The lowest BCUT2D eigenvalue weighted by Crippen LogP contribution is -2.03. The van der Waals surface area contributed by atoms with Crippen molar-refractivity contribution >= 4 is 21.9 Å². The quantitative estimate of drug-likeness (QED) is 0.937. The Morgan fingerprint density at radius 2 is 2.16 bits per heavy atom. The topological polar surface area (TPSA) is 59.4 Å². The molecule has 0 aliphatic rings. The predicted octanol–water partition coefficient (Wildman–Crippen LogP) is 3.26. The molecule has 6 heteroatoms. The van der Waals surface area contributed by atoms with Gasteiger partial charge in [0.05, 0.1) is 0 Å². The van der Waals surface area contributed by atoms with Crippen LogP contribution in [-0.2, 0) is 6.61 Å². The van der Waals surface area contributed by atoms with Crippen molar-refractivity contribution < 1.29 is 19.0 Å². The van der Waals surface area contributed by atoms with Crippen molar-refractivity contribution in [1.29, 1.82) is 0 Å². The number of carboxylic acid groups (broad SMARTS) is 1. The molecule has 0 aliphatic heterocycles. The molecule has 0 spiro atoms. The standard InChI is InChI=1S/C13H9BrFNO3/c14-9-1-2-12(10(15)6-9)19-7-8-3-4-16-11(5-8)13(17)18/h1-6H,7H2,(H,17,18). The highest BCUT2D eigenvalue weighted by molar-refractivity contribution is 9.10. The van der Waals surface area contributed by atoms with Gasteiger partial charge in [-0.05, 0) is 35.9 Å². The van der Waals surface area contributed by atoms with E-state index in [9.17, 15) is 9.18 Å². The Balaban J connectivity index is 2.10.